The molecule has 1 unspecified atom stereocenters. The van der Waals surface area contributed by atoms with E-state index in [1.54, 1.807) is 37.3 Å². The van der Waals surface area contributed by atoms with Crippen LogP contribution in [-0.4, -0.2) is 40.9 Å². The molecule has 2 rings (SSSR count). The zero-order valence-electron chi connectivity index (χ0n) is 16.1. The van der Waals surface area contributed by atoms with Crippen molar-refractivity contribution in [2.75, 3.05) is 35.0 Å². The molecule has 0 saturated heterocycles. The number of methoxy groups -OCH3 is 4. The van der Waals surface area contributed by atoms with Crippen LogP contribution in [0.3, 0.4) is 0 Å². The molecular formula is C20H24FNO5. The molecule has 0 aliphatic rings. The van der Waals surface area contributed by atoms with Crippen LogP contribution in [0.2, 0.25) is 0 Å². The molecule has 0 bridgehead atoms. The first-order valence-electron chi connectivity index (χ1n) is 8.29. The van der Waals surface area contributed by atoms with Gasteiger partial charge in [-0.1, -0.05) is 18.2 Å². The van der Waals surface area contributed by atoms with Crippen LogP contribution in [0, 0.1) is 5.82 Å². The van der Waals surface area contributed by atoms with Crippen LogP contribution < -0.4 is 19.5 Å². The number of carbonyl (C=O) groups excluding carboxylic acids is 1. The molecule has 27 heavy (non-hydrogen) atoms. The van der Waals surface area contributed by atoms with Gasteiger partial charge in [0.2, 0.25) is 5.75 Å². The second-order valence-corrected chi connectivity index (χ2v) is 5.98. The number of halogens is 1. The monoisotopic (exact) mass is 377 g/mol. The zero-order valence-corrected chi connectivity index (χ0v) is 16.1. The lowest BCUT2D eigenvalue weighted by atomic mass is 9.95. The first-order chi connectivity index (χ1) is 12.9. The normalized spacial score (nSPS) is 12.8. The highest BCUT2D eigenvalue weighted by Gasteiger charge is 2.30. The van der Waals surface area contributed by atoms with E-state index in [1.165, 1.54) is 34.5 Å². The fourth-order valence-corrected chi connectivity index (χ4v) is 2.79. The third-order valence-electron chi connectivity index (χ3n) is 4.43. The number of benzene rings is 2. The van der Waals surface area contributed by atoms with Crippen molar-refractivity contribution in [1.82, 2.24) is 5.32 Å². The van der Waals surface area contributed by atoms with Crippen molar-refractivity contribution in [2.24, 2.45) is 0 Å². The number of rotatable bonds is 8. The summed E-state index contributed by atoms with van der Waals surface area (Å²) in [6.45, 7) is 1.76. The van der Waals surface area contributed by atoms with E-state index in [-0.39, 0.29) is 17.9 Å². The van der Waals surface area contributed by atoms with Gasteiger partial charge in [-0.15, -0.1) is 0 Å². The maximum Gasteiger partial charge on any atom is 0.255 e. The minimum absolute atomic E-state index is 0.0563. The molecule has 0 aromatic heterocycles. The maximum atomic E-state index is 14.2. The van der Waals surface area contributed by atoms with E-state index in [0.29, 0.717) is 17.1 Å². The molecule has 0 aliphatic heterocycles. The van der Waals surface area contributed by atoms with Gasteiger partial charge < -0.3 is 24.3 Å². The van der Waals surface area contributed by atoms with Crippen LogP contribution in [-0.2, 0) is 10.3 Å². The molecule has 0 spiro atoms. The summed E-state index contributed by atoms with van der Waals surface area (Å²) in [5.41, 5.74) is -0.417. The summed E-state index contributed by atoms with van der Waals surface area (Å²) in [5.74, 6) is 0.196. The first kappa shape index (κ1) is 20.5. The summed E-state index contributed by atoms with van der Waals surface area (Å²) < 4.78 is 35.5. The fraction of sp³-hybridized carbons (Fsp3) is 0.350. The summed E-state index contributed by atoms with van der Waals surface area (Å²) in [6.07, 6.45) is 0. The lowest BCUT2D eigenvalue weighted by molar-refractivity contribution is 0.000363. The predicted octanol–water partition coefficient (Wildman–Crippen LogP) is 3.14. The Bertz CT molecular complexity index is 811. The van der Waals surface area contributed by atoms with Crippen molar-refractivity contribution < 1.29 is 28.1 Å². The van der Waals surface area contributed by atoms with Crippen molar-refractivity contribution in [3.05, 3.63) is 53.3 Å². The van der Waals surface area contributed by atoms with E-state index >= 15 is 0 Å². The van der Waals surface area contributed by atoms with Gasteiger partial charge in [0.05, 0.1) is 33.4 Å². The zero-order chi connectivity index (χ0) is 20.0. The number of amides is 1. The van der Waals surface area contributed by atoms with E-state index in [2.05, 4.69) is 5.32 Å². The Kier molecular flexibility index (Phi) is 6.63. The summed E-state index contributed by atoms with van der Waals surface area (Å²) in [5, 5.41) is 2.77. The highest BCUT2D eigenvalue weighted by atomic mass is 19.1. The van der Waals surface area contributed by atoms with Gasteiger partial charge in [0, 0.05) is 12.7 Å². The quantitative estimate of drug-likeness (QED) is 0.766. The van der Waals surface area contributed by atoms with Gasteiger partial charge in [-0.05, 0) is 25.1 Å². The second-order valence-electron chi connectivity index (χ2n) is 5.98. The Balaban J connectivity index is 2.28. The van der Waals surface area contributed by atoms with Crippen LogP contribution in [0.1, 0.15) is 22.8 Å². The molecule has 6 nitrogen and oxygen atoms in total. The molecule has 0 heterocycles. The molecule has 7 heteroatoms. The minimum Gasteiger partial charge on any atom is -0.493 e. The summed E-state index contributed by atoms with van der Waals surface area (Å²) in [4.78, 5) is 12.7. The van der Waals surface area contributed by atoms with Crippen molar-refractivity contribution in [2.45, 2.75) is 12.5 Å². The maximum absolute atomic E-state index is 14.2. The van der Waals surface area contributed by atoms with Crippen LogP contribution in [0.5, 0.6) is 17.2 Å². The average Bonchev–Trinajstić information content (AvgIpc) is 2.70. The van der Waals surface area contributed by atoms with Crippen LogP contribution in [0.15, 0.2) is 36.4 Å². The van der Waals surface area contributed by atoms with Gasteiger partial charge in [-0.2, -0.15) is 0 Å². The van der Waals surface area contributed by atoms with E-state index in [4.69, 9.17) is 18.9 Å². The Labute approximate surface area is 158 Å². The number of nitrogens with one attached hydrogen (secondary N) is 1. The highest BCUT2D eigenvalue weighted by Crippen LogP contribution is 2.39. The van der Waals surface area contributed by atoms with Crippen molar-refractivity contribution in [3.63, 3.8) is 0 Å². The molecule has 1 N–H and O–H groups in total. The third-order valence-corrected chi connectivity index (χ3v) is 4.43. The van der Waals surface area contributed by atoms with Gasteiger partial charge in [0.25, 0.3) is 5.91 Å². The molecule has 0 aliphatic carbocycles. The predicted molar refractivity (Wildman–Crippen MR) is 99.2 cm³/mol. The Morgan fingerprint density at radius 1 is 1.00 bits per heavy atom. The summed E-state index contributed by atoms with van der Waals surface area (Å²) in [7, 11) is 5.86. The molecule has 1 amide bonds. The molecule has 2 aromatic rings. The van der Waals surface area contributed by atoms with E-state index in [9.17, 15) is 9.18 Å². The van der Waals surface area contributed by atoms with Crippen molar-refractivity contribution >= 4 is 5.91 Å². The number of ether oxygens (including phenoxy) is 4. The second kappa shape index (κ2) is 8.73. The van der Waals surface area contributed by atoms with Gasteiger partial charge >= 0.3 is 0 Å². The molecule has 2 aromatic carbocycles. The Morgan fingerprint density at radius 2 is 1.67 bits per heavy atom. The average molecular weight is 377 g/mol. The highest BCUT2D eigenvalue weighted by molar-refractivity contribution is 5.98. The first-order valence-corrected chi connectivity index (χ1v) is 8.29. The third kappa shape index (κ3) is 4.14. The van der Waals surface area contributed by atoms with Crippen LogP contribution >= 0.6 is 0 Å². The standard InChI is InChI=1S/C20H24FNO5/c1-20(27-5,14-8-6-7-9-15(14)21)12-22-19(23)13-10-11-16(24-2)18(26-4)17(13)25-3/h6-11H,12H2,1-5H3,(H,22,23). The fourth-order valence-electron chi connectivity index (χ4n) is 2.79. The lowest BCUT2D eigenvalue weighted by Crippen LogP contribution is -2.40. The molecule has 1 atom stereocenters. The topological polar surface area (TPSA) is 66.0 Å². The number of carbonyl (C=O) groups is 1. The summed E-state index contributed by atoms with van der Waals surface area (Å²) >= 11 is 0. The SMILES string of the molecule is COc1ccc(C(=O)NCC(C)(OC)c2ccccc2F)c(OC)c1OC. The van der Waals surface area contributed by atoms with Gasteiger partial charge in [0.1, 0.15) is 11.4 Å². The molecular weight excluding hydrogens is 353 g/mol. The molecule has 0 fully saturated rings. The largest absolute Gasteiger partial charge is 0.493 e. The number of hydrogen-bond acceptors (Lipinski definition) is 5. The van der Waals surface area contributed by atoms with Crippen molar-refractivity contribution in [1.29, 1.82) is 0 Å². The van der Waals surface area contributed by atoms with Gasteiger partial charge in [-0.3, -0.25) is 4.79 Å². The van der Waals surface area contributed by atoms with E-state index in [1.807, 2.05) is 0 Å². The van der Waals surface area contributed by atoms with Crippen LogP contribution in [0.25, 0.3) is 0 Å². The van der Waals surface area contributed by atoms with E-state index < -0.39 is 17.3 Å². The smallest absolute Gasteiger partial charge is 0.255 e. The van der Waals surface area contributed by atoms with Gasteiger partial charge in [0.15, 0.2) is 11.5 Å². The van der Waals surface area contributed by atoms with Gasteiger partial charge in [-0.25, -0.2) is 4.39 Å². The molecule has 0 radical (unpaired) electrons. The Morgan fingerprint density at radius 3 is 2.22 bits per heavy atom. The van der Waals surface area contributed by atoms with Crippen molar-refractivity contribution in [3.8, 4) is 17.2 Å². The lowest BCUT2D eigenvalue weighted by Gasteiger charge is -2.29. The molecule has 0 saturated carbocycles. The Hall–Kier alpha value is -2.80. The number of hydrogen-bond donors (Lipinski definition) is 1. The minimum atomic E-state index is -1.04. The summed E-state index contributed by atoms with van der Waals surface area (Å²) in [6, 6.07) is 9.48. The van der Waals surface area contributed by atoms with E-state index in [0.717, 1.165) is 0 Å². The molecule has 146 valence electrons. The van der Waals surface area contributed by atoms with Crippen LogP contribution in [0.4, 0.5) is 4.39 Å².